The molecule has 100 valence electrons. The summed E-state index contributed by atoms with van der Waals surface area (Å²) in [5, 5.41) is 12.8. The van der Waals surface area contributed by atoms with Crippen LogP contribution in [0.25, 0.3) is 0 Å². The normalized spacial score (nSPS) is 10.2. The third kappa shape index (κ3) is 3.99. The van der Waals surface area contributed by atoms with Gasteiger partial charge in [-0.1, -0.05) is 31.0 Å². The topological polar surface area (TPSA) is 69.8 Å². The number of aryl methyl sites for hydroxylation is 1. The number of rotatable bonds is 4. The van der Waals surface area contributed by atoms with Crippen LogP contribution in [0.2, 0.25) is 5.02 Å². The molecule has 0 aliphatic rings. The quantitative estimate of drug-likeness (QED) is 0.799. The molecule has 2 aromatic rings. The van der Waals surface area contributed by atoms with E-state index in [0.29, 0.717) is 16.5 Å². The number of carbonyl (C=O) groups excluding carboxylic acids is 1. The summed E-state index contributed by atoms with van der Waals surface area (Å²) in [5.41, 5.74) is 1.63. The summed E-state index contributed by atoms with van der Waals surface area (Å²) in [6.07, 6.45) is 1.93. The van der Waals surface area contributed by atoms with Gasteiger partial charge in [-0.05, 0) is 24.6 Å². The Morgan fingerprint density at radius 2 is 2.21 bits per heavy atom. The van der Waals surface area contributed by atoms with Gasteiger partial charge in [0.05, 0.1) is 0 Å². The number of amides is 2. The summed E-state index contributed by atoms with van der Waals surface area (Å²) < 4.78 is 0. The zero-order chi connectivity index (χ0) is 13.7. The maximum absolute atomic E-state index is 11.7. The van der Waals surface area contributed by atoms with E-state index in [4.69, 9.17) is 11.6 Å². The van der Waals surface area contributed by atoms with Gasteiger partial charge in [-0.15, -0.1) is 0 Å². The fourth-order valence-electron chi connectivity index (χ4n) is 1.67. The van der Waals surface area contributed by atoms with Crippen LogP contribution in [0, 0.1) is 0 Å². The molecule has 0 aliphatic carbocycles. The fourth-order valence-corrected chi connectivity index (χ4v) is 1.86. The Hall–Kier alpha value is -2.01. The lowest BCUT2D eigenvalue weighted by Crippen LogP contribution is -2.19. The lowest BCUT2D eigenvalue weighted by molar-refractivity contribution is 0.262. The maximum Gasteiger partial charge on any atom is 0.324 e. The number of H-pyrrole nitrogens is 1. The monoisotopic (exact) mass is 278 g/mol. The predicted octanol–water partition coefficient (Wildman–Crippen LogP) is 3.66. The van der Waals surface area contributed by atoms with Crippen molar-refractivity contribution in [2.75, 3.05) is 10.6 Å². The number of anilines is 2. The van der Waals surface area contributed by atoms with Gasteiger partial charge < -0.3 is 5.32 Å². The van der Waals surface area contributed by atoms with Crippen molar-refractivity contribution in [3.63, 3.8) is 0 Å². The summed E-state index contributed by atoms with van der Waals surface area (Å²) in [6.45, 7) is 2.08. The molecule has 3 N–H and O–H groups in total. The van der Waals surface area contributed by atoms with Gasteiger partial charge in [-0.2, -0.15) is 5.10 Å². The second-order valence-corrected chi connectivity index (χ2v) is 4.55. The summed E-state index contributed by atoms with van der Waals surface area (Å²) >= 11 is 5.84. The van der Waals surface area contributed by atoms with Crippen LogP contribution in [0.4, 0.5) is 16.3 Å². The van der Waals surface area contributed by atoms with E-state index < -0.39 is 0 Å². The molecule has 6 heteroatoms. The van der Waals surface area contributed by atoms with Gasteiger partial charge >= 0.3 is 6.03 Å². The molecule has 0 spiro atoms. The van der Waals surface area contributed by atoms with Crippen LogP contribution in [0.3, 0.4) is 0 Å². The molecule has 0 saturated carbocycles. The number of benzene rings is 1. The Morgan fingerprint density at radius 3 is 2.95 bits per heavy atom. The first kappa shape index (κ1) is 13.4. The van der Waals surface area contributed by atoms with Crippen molar-refractivity contribution in [3.8, 4) is 0 Å². The van der Waals surface area contributed by atoms with E-state index in [2.05, 4.69) is 27.8 Å². The van der Waals surface area contributed by atoms with Crippen molar-refractivity contribution in [1.29, 1.82) is 0 Å². The number of halogens is 1. The Morgan fingerprint density at radius 1 is 1.37 bits per heavy atom. The van der Waals surface area contributed by atoms with Gasteiger partial charge in [0.1, 0.15) is 0 Å². The fraction of sp³-hybridized carbons (Fsp3) is 0.231. The number of hydrogen-bond acceptors (Lipinski definition) is 2. The molecule has 2 rings (SSSR count). The first-order chi connectivity index (χ1) is 9.17. The highest BCUT2D eigenvalue weighted by atomic mass is 35.5. The van der Waals surface area contributed by atoms with E-state index >= 15 is 0 Å². The minimum atomic E-state index is -0.350. The minimum Gasteiger partial charge on any atom is -0.308 e. The summed E-state index contributed by atoms with van der Waals surface area (Å²) in [5.74, 6) is 0.503. The molecule has 0 fully saturated rings. The Balaban J connectivity index is 1.93. The highest BCUT2D eigenvalue weighted by molar-refractivity contribution is 6.30. The Labute approximate surface area is 116 Å². The summed E-state index contributed by atoms with van der Waals surface area (Å²) in [4.78, 5) is 11.7. The number of aromatic amines is 1. The van der Waals surface area contributed by atoms with Gasteiger partial charge in [0.2, 0.25) is 0 Å². The molecule has 0 aliphatic heterocycles. The molecule has 19 heavy (non-hydrogen) atoms. The molecule has 1 heterocycles. The zero-order valence-corrected chi connectivity index (χ0v) is 11.3. The van der Waals surface area contributed by atoms with Gasteiger partial charge in [0.15, 0.2) is 5.82 Å². The van der Waals surface area contributed by atoms with Crippen LogP contribution >= 0.6 is 11.6 Å². The molecular weight excluding hydrogens is 264 g/mol. The first-order valence-electron chi connectivity index (χ1n) is 6.05. The number of carbonyl (C=O) groups is 1. The van der Waals surface area contributed by atoms with Gasteiger partial charge in [0.25, 0.3) is 0 Å². The van der Waals surface area contributed by atoms with E-state index in [-0.39, 0.29) is 6.03 Å². The highest BCUT2D eigenvalue weighted by Crippen LogP contribution is 2.15. The largest absolute Gasteiger partial charge is 0.324 e. The minimum absolute atomic E-state index is 0.350. The average Bonchev–Trinajstić information content (AvgIpc) is 2.77. The highest BCUT2D eigenvalue weighted by Gasteiger charge is 2.06. The molecule has 1 aromatic heterocycles. The van der Waals surface area contributed by atoms with E-state index in [1.807, 2.05) is 6.07 Å². The number of aromatic nitrogens is 2. The zero-order valence-electron chi connectivity index (χ0n) is 10.5. The van der Waals surface area contributed by atoms with Crippen LogP contribution in [0.1, 0.15) is 19.0 Å². The second kappa shape index (κ2) is 6.24. The number of nitrogens with zero attached hydrogens (tertiary/aromatic N) is 1. The van der Waals surface area contributed by atoms with Crippen molar-refractivity contribution >= 4 is 29.1 Å². The van der Waals surface area contributed by atoms with Gasteiger partial charge in [-0.3, -0.25) is 10.4 Å². The second-order valence-electron chi connectivity index (χ2n) is 4.12. The number of nitrogens with one attached hydrogen (secondary N) is 3. The van der Waals surface area contributed by atoms with Crippen molar-refractivity contribution in [2.45, 2.75) is 19.8 Å². The van der Waals surface area contributed by atoms with Crippen LogP contribution in [-0.4, -0.2) is 16.2 Å². The first-order valence-corrected chi connectivity index (χ1v) is 6.43. The maximum atomic E-state index is 11.7. The predicted molar refractivity (Wildman–Crippen MR) is 76.7 cm³/mol. The number of urea groups is 1. The van der Waals surface area contributed by atoms with E-state index in [1.165, 1.54) is 0 Å². The molecule has 2 amide bonds. The standard InChI is InChI=1S/C13H15ClN4O/c1-2-4-11-8-12(18-17-11)16-13(19)15-10-6-3-5-9(14)7-10/h3,5-8H,2,4H2,1H3,(H3,15,16,17,18,19). The van der Waals surface area contributed by atoms with Crippen molar-refractivity contribution in [2.24, 2.45) is 0 Å². The summed E-state index contributed by atoms with van der Waals surface area (Å²) in [6, 6.07) is 8.42. The molecular formula is C13H15ClN4O. The Kier molecular flexibility index (Phi) is 4.41. The molecule has 1 aromatic carbocycles. The van der Waals surface area contributed by atoms with E-state index in [9.17, 15) is 4.79 Å². The van der Waals surface area contributed by atoms with E-state index in [1.54, 1.807) is 24.3 Å². The van der Waals surface area contributed by atoms with Crippen LogP contribution < -0.4 is 10.6 Å². The van der Waals surface area contributed by atoms with Gasteiger partial charge in [-0.25, -0.2) is 4.79 Å². The molecule has 0 saturated heterocycles. The van der Waals surface area contributed by atoms with Crippen molar-refractivity contribution in [1.82, 2.24) is 10.2 Å². The van der Waals surface area contributed by atoms with Crippen molar-refractivity contribution < 1.29 is 4.79 Å². The van der Waals surface area contributed by atoms with Crippen LogP contribution in [0.15, 0.2) is 30.3 Å². The van der Waals surface area contributed by atoms with Crippen LogP contribution in [-0.2, 0) is 6.42 Å². The van der Waals surface area contributed by atoms with Crippen molar-refractivity contribution in [3.05, 3.63) is 41.0 Å². The molecule has 0 radical (unpaired) electrons. The summed E-state index contributed by atoms with van der Waals surface area (Å²) in [7, 11) is 0. The third-order valence-corrected chi connectivity index (χ3v) is 2.71. The smallest absolute Gasteiger partial charge is 0.308 e. The molecule has 5 nitrogen and oxygen atoms in total. The SMILES string of the molecule is CCCc1cc(NC(=O)Nc2cccc(Cl)c2)n[nH]1. The third-order valence-electron chi connectivity index (χ3n) is 2.47. The average molecular weight is 279 g/mol. The number of hydrogen-bond donors (Lipinski definition) is 3. The molecule has 0 bridgehead atoms. The Bertz CT molecular complexity index is 567. The van der Waals surface area contributed by atoms with Gasteiger partial charge in [0, 0.05) is 22.5 Å². The molecule has 0 unspecified atom stereocenters. The van der Waals surface area contributed by atoms with E-state index in [0.717, 1.165) is 18.5 Å². The lowest BCUT2D eigenvalue weighted by Gasteiger charge is -2.05. The molecule has 0 atom stereocenters. The lowest BCUT2D eigenvalue weighted by atomic mass is 10.2. The van der Waals surface area contributed by atoms with Crippen LogP contribution in [0.5, 0.6) is 0 Å².